The highest BCUT2D eigenvalue weighted by Crippen LogP contribution is 2.81. The molecule has 86 valence electrons. The smallest absolute Gasteiger partial charge is 0.330 e. The van der Waals surface area contributed by atoms with Crippen LogP contribution in [0.15, 0.2) is 12.7 Å². The largest absolute Gasteiger partial charge is 0.457 e. The fraction of sp³-hybridized carbons (Fsp3) is 0.750. The van der Waals surface area contributed by atoms with Crippen molar-refractivity contribution in [2.45, 2.75) is 30.2 Å². The molecule has 1 saturated heterocycles. The van der Waals surface area contributed by atoms with Gasteiger partial charge in [0, 0.05) is 22.7 Å². The first-order valence-electron chi connectivity index (χ1n) is 5.91. The number of hydrogen-bond acceptors (Lipinski definition) is 4. The molecule has 4 rings (SSSR count). The van der Waals surface area contributed by atoms with E-state index in [0.717, 1.165) is 17.1 Å². The van der Waals surface area contributed by atoms with Crippen LogP contribution in [0.25, 0.3) is 0 Å². The van der Waals surface area contributed by atoms with Gasteiger partial charge in [-0.3, -0.25) is 0 Å². The SMILES string of the molecule is C=CC(=O)OC1C2C3C(C[C@@H]4CC134)SN2C. The molecule has 3 nitrogen and oxygen atoms in total. The first kappa shape index (κ1) is 9.54. The lowest BCUT2D eigenvalue weighted by molar-refractivity contribution is -0.170. The van der Waals surface area contributed by atoms with Crippen LogP contribution in [0, 0.1) is 17.3 Å². The maximum Gasteiger partial charge on any atom is 0.330 e. The zero-order chi connectivity index (χ0) is 11.1. The average Bonchev–Trinajstić information content (AvgIpc) is 2.80. The van der Waals surface area contributed by atoms with Gasteiger partial charge in [-0.05, 0) is 25.8 Å². The first-order chi connectivity index (χ1) is 7.68. The third-order valence-electron chi connectivity index (χ3n) is 5.08. The predicted molar refractivity (Wildman–Crippen MR) is 61.7 cm³/mol. The molecule has 0 amide bonds. The Morgan fingerprint density at radius 2 is 2.50 bits per heavy atom. The van der Waals surface area contributed by atoms with Crippen LogP contribution in [-0.4, -0.2) is 34.7 Å². The van der Waals surface area contributed by atoms with Crippen molar-refractivity contribution in [3.63, 3.8) is 0 Å². The number of nitrogens with zero attached hydrogens (tertiary/aromatic N) is 1. The highest BCUT2D eigenvalue weighted by Gasteiger charge is 2.84. The molecule has 1 spiro atoms. The second kappa shape index (κ2) is 2.67. The zero-order valence-electron chi connectivity index (χ0n) is 9.26. The molecular formula is C12H15NO2S. The molecule has 1 heterocycles. The number of likely N-dealkylation sites (N-methyl/N-ethyl adjacent to an activating group) is 1. The van der Waals surface area contributed by atoms with E-state index in [1.54, 1.807) is 0 Å². The molecule has 4 aliphatic rings. The van der Waals surface area contributed by atoms with E-state index in [1.165, 1.54) is 18.9 Å². The summed E-state index contributed by atoms with van der Waals surface area (Å²) in [7, 11) is 2.13. The standard InChI is InChI=1S/C12H15NO2S/c1-3-8(14)15-11-10-9-7(16-13(10)2)4-6-5-12(6,9)11/h3,6-7,9-11H,1,4-5H2,2H3/t6-,7?,9?,10?,11?,12?/m1/s1. The van der Waals surface area contributed by atoms with Gasteiger partial charge in [0.25, 0.3) is 0 Å². The van der Waals surface area contributed by atoms with Gasteiger partial charge in [-0.1, -0.05) is 18.5 Å². The number of hydrogen-bond donors (Lipinski definition) is 0. The van der Waals surface area contributed by atoms with Gasteiger partial charge in [0.2, 0.25) is 0 Å². The minimum absolute atomic E-state index is 0.137. The van der Waals surface area contributed by atoms with Gasteiger partial charge in [0.1, 0.15) is 6.10 Å². The lowest BCUT2D eigenvalue weighted by Gasteiger charge is -2.49. The molecular weight excluding hydrogens is 222 g/mol. The molecule has 5 unspecified atom stereocenters. The Morgan fingerprint density at radius 1 is 1.69 bits per heavy atom. The number of rotatable bonds is 2. The summed E-state index contributed by atoms with van der Waals surface area (Å²) in [6.07, 6.45) is 4.04. The van der Waals surface area contributed by atoms with Crippen LogP contribution in [0.4, 0.5) is 0 Å². The van der Waals surface area contributed by atoms with E-state index in [1.807, 2.05) is 11.9 Å². The van der Waals surface area contributed by atoms with Crippen LogP contribution in [0.5, 0.6) is 0 Å². The van der Waals surface area contributed by atoms with E-state index in [0.29, 0.717) is 11.5 Å². The number of ether oxygens (including phenoxy) is 1. The quantitative estimate of drug-likeness (QED) is 0.413. The highest BCUT2D eigenvalue weighted by molar-refractivity contribution is 7.97. The van der Waals surface area contributed by atoms with Crippen LogP contribution >= 0.6 is 11.9 Å². The van der Waals surface area contributed by atoms with Gasteiger partial charge < -0.3 is 4.74 Å². The summed E-state index contributed by atoms with van der Waals surface area (Å²) in [6, 6.07) is 0.464. The van der Waals surface area contributed by atoms with Gasteiger partial charge in [-0.25, -0.2) is 9.10 Å². The summed E-state index contributed by atoms with van der Waals surface area (Å²) in [5.74, 6) is 1.37. The Kier molecular flexibility index (Phi) is 1.59. The molecule has 0 bridgehead atoms. The lowest BCUT2D eigenvalue weighted by Crippen LogP contribution is -2.61. The molecule has 3 aliphatic carbocycles. The summed E-state index contributed by atoms with van der Waals surface area (Å²) in [4.78, 5) is 11.4. The summed E-state index contributed by atoms with van der Waals surface area (Å²) < 4.78 is 7.90. The minimum Gasteiger partial charge on any atom is -0.457 e. The fourth-order valence-corrected chi connectivity index (χ4v) is 6.15. The summed E-state index contributed by atoms with van der Waals surface area (Å²) >= 11 is 1.97. The normalized spacial score (nSPS) is 56.2. The number of esters is 1. The third kappa shape index (κ3) is 0.830. The van der Waals surface area contributed by atoms with Crippen LogP contribution in [0.3, 0.4) is 0 Å². The number of carbonyl (C=O) groups is 1. The molecule has 0 radical (unpaired) electrons. The van der Waals surface area contributed by atoms with Crippen molar-refractivity contribution in [3.05, 3.63) is 12.7 Å². The van der Waals surface area contributed by atoms with Gasteiger partial charge in [0.15, 0.2) is 0 Å². The van der Waals surface area contributed by atoms with Gasteiger partial charge in [0.05, 0.1) is 6.04 Å². The van der Waals surface area contributed by atoms with Crippen molar-refractivity contribution in [1.82, 2.24) is 4.31 Å². The van der Waals surface area contributed by atoms with Crippen molar-refractivity contribution in [2.75, 3.05) is 7.05 Å². The third-order valence-corrected chi connectivity index (χ3v) is 6.41. The molecule has 4 heteroatoms. The van der Waals surface area contributed by atoms with Crippen molar-refractivity contribution >= 4 is 17.9 Å². The summed E-state index contributed by atoms with van der Waals surface area (Å²) in [5, 5.41) is 0.799. The second-order valence-electron chi connectivity index (χ2n) is 5.52. The molecule has 6 atom stereocenters. The molecule has 1 aliphatic heterocycles. The van der Waals surface area contributed by atoms with E-state index < -0.39 is 0 Å². The maximum absolute atomic E-state index is 11.4. The van der Waals surface area contributed by atoms with E-state index in [4.69, 9.17) is 4.74 Å². The van der Waals surface area contributed by atoms with Gasteiger partial charge >= 0.3 is 5.97 Å². The van der Waals surface area contributed by atoms with E-state index in [-0.39, 0.29) is 12.1 Å². The molecule has 0 N–H and O–H groups in total. The summed E-state index contributed by atoms with van der Waals surface area (Å²) in [6.45, 7) is 3.48. The Balaban J connectivity index is 1.64. The predicted octanol–water partition coefficient (Wildman–Crippen LogP) is 1.45. The first-order valence-corrected chi connectivity index (χ1v) is 6.75. The molecule has 3 saturated carbocycles. The molecule has 0 aromatic heterocycles. The zero-order valence-corrected chi connectivity index (χ0v) is 10.1. The van der Waals surface area contributed by atoms with Crippen molar-refractivity contribution in [3.8, 4) is 0 Å². The average molecular weight is 237 g/mol. The van der Waals surface area contributed by atoms with E-state index in [2.05, 4.69) is 17.9 Å². The maximum atomic E-state index is 11.4. The second-order valence-corrected chi connectivity index (χ2v) is 6.91. The van der Waals surface area contributed by atoms with Crippen molar-refractivity contribution in [2.24, 2.45) is 17.3 Å². The Morgan fingerprint density at radius 3 is 3.25 bits per heavy atom. The van der Waals surface area contributed by atoms with Crippen molar-refractivity contribution in [1.29, 1.82) is 0 Å². The topological polar surface area (TPSA) is 29.5 Å². The van der Waals surface area contributed by atoms with Gasteiger partial charge in [-0.2, -0.15) is 0 Å². The Hall–Kier alpha value is -0.480. The molecule has 0 aromatic carbocycles. The van der Waals surface area contributed by atoms with Crippen LogP contribution in [0.2, 0.25) is 0 Å². The lowest BCUT2D eigenvalue weighted by atomic mass is 9.64. The fourth-order valence-electron chi connectivity index (χ4n) is 4.48. The van der Waals surface area contributed by atoms with Crippen LogP contribution < -0.4 is 0 Å². The number of carbonyl (C=O) groups excluding carboxylic acids is 1. The molecule has 0 aromatic rings. The van der Waals surface area contributed by atoms with Crippen molar-refractivity contribution < 1.29 is 9.53 Å². The Labute approximate surface area is 99.3 Å². The summed E-state index contributed by atoms with van der Waals surface area (Å²) in [5.41, 5.74) is 0.381. The van der Waals surface area contributed by atoms with Gasteiger partial charge in [-0.15, -0.1) is 0 Å². The van der Waals surface area contributed by atoms with E-state index >= 15 is 0 Å². The molecule has 4 fully saturated rings. The highest BCUT2D eigenvalue weighted by atomic mass is 32.2. The van der Waals surface area contributed by atoms with Crippen LogP contribution in [0.1, 0.15) is 12.8 Å². The minimum atomic E-state index is -0.253. The molecule has 16 heavy (non-hydrogen) atoms. The van der Waals surface area contributed by atoms with E-state index in [9.17, 15) is 4.79 Å². The Bertz CT molecular complexity index is 396. The monoisotopic (exact) mass is 237 g/mol. The van der Waals surface area contributed by atoms with Crippen LogP contribution in [-0.2, 0) is 9.53 Å².